The van der Waals surface area contributed by atoms with Gasteiger partial charge in [0.05, 0.1) is 38.1 Å². The molecule has 0 radical (unpaired) electrons. The smallest absolute Gasteiger partial charge is 0.199 e. The van der Waals surface area contributed by atoms with Crippen molar-refractivity contribution in [1.29, 1.82) is 0 Å². The van der Waals surface area contributed by atoms with Crippen LogP contribution < -0.4 is 4.90 Å². The summed E-state index contributed by atoms with van der Waals surface area (Å²) in [5, 5.41) is 2.62. The van der Waals surface area contributed by atoms with Gasteiger partial charge >= 0.3 is 0 Å². The maximum absolute atomic E-state index is 13.3. The maximum Gasteiger partial charge on any atom is 0.199 e. The SMILES string of the molecule is CC(C)(C)c1ccc2c(c1)C(C)(C)c1c(ccc3cc(C=C4C(=O)c5c(Cl)ccc(Cl)c5C4=O)ccc13)N2c1ccccc1. The Labute approximate surface area is 267 Å². The van der Waals surface area contributed by atoms with Crippen molar-refractivity contribution in [1.82, 2.24) is 0 Å². The summed E-state index contributed by atoms with van der Waals surface area (Å²) in [5.41, 5.74) is 8.12. The predicted octanol–water partition coefficient (Wildman–Crippen LogP) is 11.0. The summed E-state index contributed by atoms with van der Waals surface area (Å²) in [7, 11) is 0. The average molecular weight is 617 g/mol. The number of carbonyl (C=O) groups excluding carboxylic acids is 2. The van der Waals surface area contributed by atoms with E-state index in [-0.39, 0.29) is 37.6 Å². The highest BCUT2D eigenvalue weighted by atomic mass is 35.5. The Morgan fingerprint density at radius 3 is 2.00 bits per heavy atom. The largest absolute Gasteiger partial charge is 0.310 e. The molecule has 218 valence electrons. The highest BCUT2D eigenvalue weighted by Crippen LogP contribution is 2.54. The molecule has 5 aromatic rings. The van der Waals surface area contributed by atoms with E-state index in [9.17, 15) is 9.59 Å². The summed E-state index contributed by atoms with van der Waals surface area (Å²) in [6, 6.07) is 30.9. The van der Waals surface area contributed by atoms with Crippen LogP contribution in [0, 0.1) is 0 Å². The van der Waals surface area contributed by atoms with Crippen LogP contribution in [-0.4, -0.2) is 11.6 Å². The Hall–Kier alpha value is -4.18. The zero-order valence-electron chi connectivity index (χ0n) is 25.3. The number of anilines is 3. The second-order valence-corrected chi connectivity index (χ2v) is 14.0. The van der Waals surface area contributed by atoms with Gasteiger partial charge in [0.2, 0.25) is 0 Å². The summed E-state index contributed by atoms with van der Waals surface area (Å²) in [5.74, 6) is -0.789. The van der Waals surface area contributed by atoms with Gasteiger partial charge in [0, 0.05) is 11.1 Å². The van der Waals surface area contributed by atoms with Crippen molar-refractivity contribution in [2.75, 3.05) is 4.90 Å². The van der Waals surface area contributed by atoms with E-state index in [4.69, 9.17) is 23.2 Å². The summed E-state index contributed by atoms with van der Waals surface area (Å²) >= 11 is 12.6. The summed E-state index contributed by atoms with van der Waals surface area (Å²) < 4.78 is 0. The molecule has 0 bridgehead atoms. The molecule has 44 heavy (non-hydrogen) atoms. The van der Waals surface area contributed by atoms with Gasteiger partial charge in [-0.25, -0.2) is 0 Å². The normalized spacial score (nSPS) is 15.3. The molecule has 1 aliphatic carbocycles. The van der Waals surface area contributed by atoms with Crippen molar-refractivity contribution >= 4 is 68.7 Å². The lowest BCUT2D eigenvalue weighted by Gasteiger charge is -2.43. The minimum absolute atomic E-state index is 0.00729. The third-order valence-corrected chi connectivity index (χ3v) is 9.67. The number of ketones is 2. The maximum atomic E-state index is 13.3. The van der Waals surface area contributed by atoms with Crippen LogP contribution in [0.1, 0.15) is 77.6 Å². The average Bonchev–Trinajstić information content (AvgIpc) is 3.24. The summed E-state index contributed by atoms with van der Waals surface area (Å²) in [6.45, 7) is 11.3. The first-order valence-electron chi connectivity index (χ1n) is 14.7. The molecule has 0 saturated carbocycles. The Morgan fingerprint density at radius 2 is 1.36 bits per heavy atom. The lowest BCUT2D eigenvalue weighted by Crippen LogP contribution is -2.31. The molecule has 0 unspecified atom stereocenters. The lowest BCUT2D eigenvalue weighted by molar-refractivity contribution is 0.0990. The van der Waals surface area contributed by atoms with Gasteiger partial charge in [0.1, 0.15) is 0 Å². The molecule has 2 aliphatic rings. The molecule has 1 aliphatic heterocycles. The van der Waals surface area contributed by atoms with E-state index in [2.05, 4.69) is 100 Å². The number of fused-ring (bicyclic) bond motifs is 5. The predicted molar refractivity (Wildman–Crippen MR) is 183 cm³/mol. The number of nitrogens with zero attached hydrogens (tertiary/aromatic N) is 1. The lowest BCUT2D eigenvalue weighted by atomic mass is 9.70. The van der Waals surface area contributed by atoms with Crippen LogP contribution in [0.5, 0.6) is 0 Å². The van der Waals surface area contributed by atoms with Crippen molar-refractivity contribution in [3.8, 4) is 0 Å². The van der Waals surface area contributed by atoms with Gasteiger partial charge in [-0.05, 0) is 87.0 Å². The molecule has 5 aromatic carbocycles. The van der Waals surface area contributed by atoms with Crippen molar-refractivity contribution < 1.29 is 9.59 Å². The van der Waals surface area contributed by atoms with Gasteiger partial charge in [0.15, 0.2) is 11.6 Å². The first kappa shape index (κ1) is 28.6. The zero-order chi connectivity index (χ0) is 31.1. The van der Waals surface area contributed by atoms with E-state index in [0.717, 1.165) is 27.7 Å². The molecule has 0 saturated heterocycles. The number of allylic oxidation sites excluding steroid dienone is 1. The molecule has 7 rings (SSSR count). The van der Waals surface area contributed by atoms with Gasteiger partial charge in [-0.2, -0.15) is 0 Å². The van der Waals surface area contributed by atoms with Gasteiger partial charge in [-0.15, -0.1) is 0 Å². The van der Waals surface area contributed by atoms with Crippen molar-refractivity contribution in [2.24, 2.45) is 0 Å². The van der Waals surface area contributed by atoms with Gasteiger partial charge < -0.3 is 4.90 Å². The number of benzene rings is 5. The second-order valence-electron chi connectivity index (χ2n) is 13.2. The highest BCUT2D eigenvalue weighted by molar-refractivity contribution is 6.49. The Kier molecular flexibility index (Phi) is 6.44. The standard InChI is InChI=1S/C39H31Cl2NO2/c1-38(2,3)24-13-18-31-28(21-24)39(4,5)35-26-14-11-22(19-23(26)12-17-32(35)42(31)25-9-7-6-8-10-25)20-27-36(43)33-29(40)15-16-30(41)34(33)37(27)44/h6-21H,1-5H3. The minimum atomic E-state index is -0.395. The van der Waals surface area contributed by atoms with Gasteiger partial charge in [-0.3, -0.25) is 9.59 Å². The molecular weight excluding hydrogens is 585 g/mol. The first-order chi connectivity index (χ1) is 20.9. The number of hydrogen-bond donors (Lipinski definition) is 0. The monoisotopic (exact) mass is 615 g/mol. The molecule has 0 amide bonds. The third kappa shape index (κ3) is 4.25. The van der Waals surface area contributed by atoms with Crippen LogP contribution in [-0.2, 0) is 10.8 Å². The number of halogens is 2. The summed E-state index contributed by atoms with van der Waals surface area (Å²) in [6.07, 6.45) is 1.66. The van der Waals surface area contributed by atoms with E-state index in [1.54, 1.807) is 18.2 Å². The number of carbonyl (C=O) groups is 2. The van der Waals surface area contributed by atoms with Crippen LogP contribution in [0.4, 0.5) is 17.1 Å². The second kappa shape index (κ2) is 9.92. The number of rotatable bonds is 2. The molecule has 0 N–H and O–H groups in total. The topological polar surface area (TPSA) is 37.4 Å². The number of para-hydroxylation sites is 1. The van der Waals surface area contributed by atoms with Crippen LogP contribution in [0.2, 0.25) is 10.0 Å². The fraction of sp³-hybridized carbons (Fsp3) is 0.179. The quantitative estimate of drug-likeness (QED) is 0.146. The molecule has 3 nitrogen and oxygen atoms in total. The van der Waals surface area contributed by atoms with Crippen molar-refractivity contribution in [3.63, 3.8) is 0 Å². The molecule has 0 fully saturated rings. The van der Waals surface area contributed by atoms with Crippen LogP contribution in [0.25, 0.3) is 16.8 Å². The number of Topliss-reactive ketones (excluding diaryl/α,β-unsaturated/α-hetero) is 2. The van der Waals surface area contributed by atoms with Gasteiger partial charge in [-0.1, -0.05) is 106 Å². The fourth-order valence-electron chi connectivity index (χ4n) is 6.75. The Morgan fingerprint density at radius 1 is 0.727 bits per heavy atom. The number of hydrogen-bond acceptors (Lipinski definition) is 3. The van der Waals surface area contributed by atoms with E-state index in [1.165, 1.54) is 22.4 Å². The van der Waals surface area contributed by atoms with Crippen molar-refractivity contribution in [3.05, 3.63) is 140 Å². The third-order valence-electron chi connectivity index (χ3n) is 9.04. The fourth-order valence-corrected chi connectivity index (χ4v) is 7.24. The highest BCUT2D eigenvalue weighted by Gasteiger charge is 2.40. The first-order valence-corrected chi connectivity index (χ1v) is 15.5. The minimum Gasteiger partial charge on any atom is -0.310 e. The molecule has 5 heteroatoms. The molecule has 1 heterocycles. The summed E-state index contributed by atoms with van der Waals surface area (Å²) in [4.78, 5) is 28.9. The molecule has 0 spiro atoms. The Balaban J connectivity index is 1.41. The van der Waals surface area contributed by atoms with Crippen LogP contribution >= 0.6 is 23.2 Å². The van der Waals surface area contributed by atoms with E-state index < -0.39 is 11.6 Å². The Bertz CT molecular complexity index is 2040. The van der Waals surface area contributed by atoms with Crippen LogP contribution in [0.15, 0.2) is 96.6 Å². The molecule has 0 aromatic heterocycles. The van der Waals surface area contributed by atoms with Crippen LogP contribution in [0.3, 0.4) is 0 Å². The van der Waals surface area contributed by atoms with E-state index in [0.29, 0.717) is 0 Å². The molecular formula is C39H31Cl2NO2. The van der Waals surface area contributed by atoms with E-state index >= 15 is 0 Å². The molecule has 0 atom stereocenters. The van der Waals surface area contributed by atoms with Gasteiger partial charge in [0.25, 0.3) is 0 Å². The zero-order valence-corrected chi connectivity index (χ0v) is 26.8. The van der Waals surface area contributed by atoms with Crippen molar-refractivity contribution in [2.45, 2.75) is 45.4 Å². The van der Waals surface area contributed by atoms with E-state index in [1.807, 2.05) is 18.2 Å².